The summed E-state index contributed by atoms with van der Waals surface area (Å²) in [5, 5.41) is 0.682. The first-order valence-corrected chi connectivity index (χ1v) is 12.9. The summed E-state index contributed by atoms with van der Waals surface area (Å²) in [6.45, 7) is 4.01. The number of nitrogens with zero attached hydrogens (tertiary/aromatic N) is 6. The van der Waals surface area contributed by atoms with Crippen LogP contribution in [0.15, 0.2) is 36.9 Å². The van der Waals surface area contributed by atoms with Crippen LogP contribution >= 0.6 is 23.2 Å². The van der Waals surface area contributed by atoms with E-state index in [0.717, 1.165) is 31.5 Å². The van der Waals surface area contributed by atoms with E-state index in [0.29, 0.717) is 24.3 Å². The van der Waals surface area contributed by atoms with Crippen molar-refractivity contribution in [2.45, 2.75) is 51.9 Å². The van der Waals surface area contributed by atoms with Crippen LogP contribution in [0.4, 0.5) is 13.2 Å². The molecule has 2 fully saturated rings. The normalized spacial score (nSPS) is 19.3. The average Bonchev–Trinajstić information content (AvgIpc) is 3.64. The highest BCUT2D eigenvalue weighted by Crippen LogP contribution is 2.30. The number of amides is 2. The number of rotatable bonds is 7. The molecule has 38 heavy (non-hydrogen) atoms. The molecule has 0 saturated carbocycles. The largest absolute Gasteiger partial charge is 0.324 e. The highest BCUT2D eigenvalue weighted by molar-refractivity contribution is 6.28. The second-order valence-corrected chi connectivity index (χ2v) is 10.1. The summed E-state index contributed by atoms with van der Waals surface area (Å²) in [6.07, 6.45) is 9.62. The maximum absolute atomic E-state index is 13.3. The number of benzene rings is 1. The lowest BCUT2D eigenvalue weighted by molar-refractivity contribution is -0.129. The second-order valence-electron chi connectivity index (χ2n) is 9.41. The molecule has 0 bridgehead atoms. The zero-order valence-electron chi connectivity index (χ0n) is 20.7. The van der Waals surface area contributed by atoms with Crippen molar-refractivity contribution in [1.29, 1.82) is 0 Å². The van der Waals surface area contributed by atoms with Crippen molar-refractivity contribution in [2.24, 2.45) is 5.92 Å². The molecule has 0 radical (unpaired) electrons. The number of carbonyl (C=O) groups excluding carboxylic acids is 2. The minimum absolute atomic E-state index is 0.108. The maximum atomic E-state index is 13.3. The molecule has 2 unspecified atom stereocenters. The van der Waals surface area contributed by atoms with E-state index < -0.39 is 17.5 Å². The third-order valence-corrected chi connectivity index (χ3v) is 7.29. The van der Waals surface area contributed by atoms with Crippen LogP contribution in [-0.2, 0) is 22.9 Å². The standard InChI is InChI=1S/C14H11ClF3N3O.C11H16ClN3O/c15-14-19-1-2-20(14)7-21-6-9(5-12(21)22)8-3-10(16)13(18)11(17)4-8;1-2-3-9-6-10(16)15(7-9)8-14-5-4-13-11(14)12/h1-4,9H,5-7H2;4-5,9H,2-3,6-8H2,1H3. The van der Waals surface area contributed by atoms with Gasteiger partial charge in [0.2, 0.25) is 22.4 Å². The predicted octanol–water partition coefficient (Wildman–Crippen LogP) is 5.07. The summed E-state index contributed by atoms with van der Waals surface area (Å²) < 4.78 is 43.0. The number of hydrogen-bond acceptors (Lipinski definition) is 4. The molecule has 0 aliphatic carbocycles. The van der Waals surface area contributed by atoms with E-state index in [4.69, 9.17) is 23.2 Å². The summed E-state index contributed by atoms with van der Waals surface area (Å²) in [5.74, 6) is -3.82. The lowest BCUT2D eigenvalue weighted by Crippen LogP contribution is -2.27. The minimum Gasteiger partial charge on any atom is -0.324 e. The zero-order valence-corrected chi connectivity index (χ0v) is 22.2. The Labute approximate surface area is 228 Å². The Bertz CT molecular complexity index is 1280. The van der Waals surface area contributed by atoms with Gasteiger partial charge in [0.25, 0.3) is 0 Å². The summed E-state index contributed by atoms with van der Waals surface area (Å²) >= 11 is 11.7. The molecule has 2 aliphatic heterocycles. The van der Waals surface area contributed by atoms with Crippen LogP contribution in [0, 0.1) is 23.4 Å². The molecule has 2 atom stereocenters. The summed E-state index contributed by atoms with van der Waals surface area (Å²) in [7, 11) is 0. The van der Waals surface area contributed by atoms with Gasteiger partial charge in [-0.3, -0.25) is 9.59 Å². The molecule has 204 valence electrons. The monoisotopic (exact) mass is 570 g/mol. The third kappa shape index (κ3) is 6.50. The Hall–Kier alpha value is -3.05. The maximum Gasteiger partial charge on any atom is 0.224 e. The van der Waals surface area contributed by atoms with E-state index in [1.165, 1.54) is 11.1 Å². The quantitative estimate of drug-likeness (QED) is 0.372. The van der Waals surface area contributed by atoms with E-state index in [2.05, 4.69) is 16.9 Å². The minimum atomic E-state index is -1.50. The van der Waals surface area contributed by atoms with E-state index in [1.54, 1.807) is 27.7 Å². The zero-order chi connectivity index (χ0) is 27.4. The fourth-order valence-corrected chi connectivity index (χ4v) is 5.07. The number of halogens is 5. The predicted molar refractivity (Wildman–Crippen MR) is 135 cm³/mol. The van der Waals surface area contributed by atoms with Gasteiger partial charge in [0, 0.05) is 56.6 Å². The Morgan fingerprint density at radius 2 is 1.39 bits per heavy atom. The molecule has 1 aromatic carbocycles. The van der Waals surface area contributed by atoms with Crippen LogP contribution in [0.5, 0.6) is 0 Å². The summed E-state index contributed by atoms with van der Waals surface area (Å²) in [6, 6.07) is 1.87. The van der Waals surface area contributed by atoms with Crippen LogP contribution < -0.4 is 0 Å². The number of hydrogen-bond donors (Lipinski definition) is 0. The average molecular weight is 571 g/mol. The lowest BCUT2D eigenvalue weighted by atomic mass is 9.98. The topological polar surface area (TPSA) is 76.3 Å². The number of carbonyl (C=O) groups is 2. The molecule has 13 heteroatoms. The van der Waals surface area contributed by atoms with Gasteiger partial charge < -0.3 is 18.9 Å². The van der Waals surface area contributed by atoms with Crippen molar-refractivity contribution < 1.29 is 22.8 Å². The van der Waals surface area contributed by atoms with Gasteiger partial charge >= 0.3 is 0 Å². The molecule has 3 aromatic rings. The molecular weight excluding hydrogens is 544 g/mol. The van der Waals surface area contributed by atoms with E-state index >= 15 is 0 Å². The Kier molecular flexibility index (Phi) is 8.99. The van der Waals surface area contributed by atoms with Gasteiger partial charge in [0.15, 0.2) is 17.5 Å². The van der Waals surface area contributed by atoms with Gasteiger partial charge in [-0.15, -0.1) is 0 Å². The fourth-order valence-electron chi connectivity index (χ4n) is 4.74. The number of likely N-dealkylation sites (tertiary alicyclic amines) is 2. The van der Waals surface area contributed by atoms with Gasteiger partial charge in [-0.2, -0.15) is 0 Å². The Morgan fingerprint density at radius 1 is 0.868 bits per heavy atom. The van der Waals surface area contributed by atoms with Crippen LogP contribution in [0.3, 0.4) is 0 Å². The molecule has 0 spiro atoms. The number of imidazole rings is 2. The molecule has 8 nitrogen and oxygen atoms in total. The van der Waals surface area contributed by atoms with Gasteiger partial charge in [-0.25, -0.2) is 23.1 Å². The van der Waals surface area contributed by atoms with Crippen molar-refractivity contribution in [3.05, 3.63) is 70.5 Å². The van der Waals surface area contributed by atoms with Gasteiger partial charge in [0.1, 0.15) is 0 Å². The molecule has 2 aliphatic rings. The number of aromatic nitrogens is 4. The van der Waals surface area contributed by atoms with Crippen molar-refractivity contribution in [1.82, 2.24) is 28.9 Å². The molecule has 5 rings (SSSR count). The van der Waals surface area contributed by atoms with E-state index in [-0.39, 0.29) is 48.2 Å². The van der Waals surface area contributed by atoms with Gasteiger partial charge in [-0.05, 0) is 53.2 Å². The summed E-state index contributed by atoms with van der Waals surface area (Å²) in [4.78, 5) is 34.9. The van der Waals surface area contributed by atoms with Gasteiger partial charge in [-0.1, -0.05) is 13.3 Å². The van der Waals surface area contributed by atoms with Crippen LogP contribution in [0.2, 0.25) is 10.6 Å². The highest BCUT2D eigenvalue weighted by atomic mass is 35.5. The lowest BCUT2D eigenvalue weighted by Gasteiger charge is -2.18. The molecule has 2 saturated heterocycles. The highest BCUT2D eigenvalue weighted by Gasteiger charge is 2.32. The first-order chi connectivity index (χ1) is 18.2. The SMILES string of the molecule is CCCC1CC(=O)N(Cn2ccnc2Cl)C1.O=C1CC(c2cc(F)c(F)c(F)c2)CN1Cn1ccnc1Cl. The van der Waals surface area contributed by atoms with Crippen molar-refractivity contribution in [3.63, 3.8) is 0 Å². The molecule has 2 aromatic heterocycles. The fraction of sp³-hybridized carbons (Fsp3) is 0.440. The van der Waals surface area contributed by atoms with Crippen LogP contribution in [0.25, 0.3) is 0 Å². The van der Waals surface area contributed by atoms with Gasteiger partial charge in [0.05, 0.1) is 13.3 Å². The third-order valence-electron chi connectivity index (χ3n) is 6.66. The van der Waals surface area contributed by atoms with Crippen molar-refractivity contribution in [3.8, 4) is 0 Å². The van der Waals surface area contributed by atoms with E-state index in [9.17, 15) is 22.8 Å². The molecule has 2 amide bonds. The Morgan fingerprint density at radius 3 is 1.89 bits per heavy atom. The first-order valence-electron chi connectivity index (χ1n) is 12.2. The van der Waals surface area contributed by atoms with Crippen LogP contribution in [0.1, 0.15) is 44.1 Å². The Balaban J connectivity index is 0.000000186. The van der Waals surface area contributed by atoms with Crippen LogP contribution in [-0.4, -0.2) is 53.8 Å². The summed E-state index contributed by atoms with van der Waals surface area (Å²) in [5.41, 5.74) is 0.268. The van der Waals surface area contributed by atoms with E-state index in [1.807, 2.05) is 4.90 Å². The molecule has 4 heterocycles. The van der Waals surface area contributed by atoms with Crippen molar-refractivity contribution in [2.75, 3.05) is 13.1 Å². The molecule has 0 N–H and O–H groups in total. The molecular formula is C25H27Cl2F3N6O2. The first kappa shape index (κ1) is 28.0. The van der Waals surface area contributed by atoms with Crippen molar-refractivity contribution >= 4 is 35.0 Å². The smallest absolute Gasteiger partial charge is 0.224 e. The second kappa shape index (κ2) is 12.2.